The molecule has 1 aromatic rings. The van der Waals surface area contributed by atoms with Crippen LogP contribution in [0.5, 0.6) is 0 Å². The molecule has 0 aromatic carbocycles. The highest BCUT2D eigenvalue weighted by molar-refractivity contribution is 7.67. The van der Waals surface area contributed by atoms with Crippen molar-refractivity contribution >= 4 is 82.2 Å². The summed E-state index contributed by atoms with van der Waals surface area (Å²) in [7, 11) is -52.1. The first kappa shape index (κ1) is 85.5. The summed E-state index contributed by atoms with van der Waals surface area (Å²) < 4.78 is 211. The highest BCUT2D eigenvalue weighted by atomic mass is 31.3. The summed E-state index contributed by atoms with van der Waals surface area (Å²) in [6.45, 7) is 9.29. The van der Waals surface area contributed by atoms with E-state index in [1.165, 1.54) is 6.92 Å². The highest BCUT2D eigenvalue weighted by Gasteiger charge is 2.69. The lowest BCUT2D eigenvalue weighted by atomic mass is 9.90. The van der Waals surface area contributed by atoms with Crippen molar-refractivity contribution in [1.29, 1.82) is 0 Å². The molecule has 1 aromatic heterocycles. The molecule has 5 aliphatic rings. The molecule has 6 heterocycles. The van der Waals surface area contributed by atoms with Crippen molar-refractivity contribution in [3.63, 3.8) is 0 Å². The summed E-state index contributed by atoms with van der Waals surface area (Å²) in [6.07, 6.45) is -8.50. The largest absolute Gasteiger partial charge is 0.490 e. The van der Waals surface area contributed by atoms with Crippen LogP contribution in [0.4, 0.5) is 17.6 Å². The lowest BCUT2D eigenvalue weighted by Crippen LogP contribution is -2.56. The Bertz CT molecular complexity index is 3940. The summed E-state index contributed by atoms with van der Waals surface area (Å²) in [5.41, 5.74) is -8.67. The maximum absolute atomic E-state index is 15.5. The molecule has 61 heteroatoms. The van der Waals surface area contributed by atoms with Crippen LogP contribution in [0.2, 0.25) is 0 Å². The number of carbonyl (C=O) groups excluding carboxylic acids is 2. The van der Waals surface area contributed by atoms with Crippen molar-refractivity contribution in [3.8, 4) is 0 Å². The number of carbonyl (C=O) groups is 2. The number of aromatic amines is 1. The Morgan fingerprint density at radius 1 is 0.567 bits per heavy atom. The van der Waals surface area contributed by atoms with Crippen LogP contribution >= 0.6 is 70.4 Å². The van der Waals surface area contributed by atoms with Crippen LogP contribution < -0.4 is 21.9 Å². The molecule has 0 saturated carbocycles. The third-order valence-corrected chi connectivity index (χ3v) is 23.3. The van der Waals surface area contributed by atoms with E-state index in [0.717, 1.165) is 40.4 Å². The normalized spacial score (nSPS) is 33.6. The average Bonchev–Trinajstić information content (AvgIpc) is 1.60. The lowest BCUT2D eigenvalue weighted by Gasteiger charge is -2.38. The molecule has 6 rings (SSSR count). The number of aliphatic hydroxyl groups is 5. The van der Waals surface area contributed by atoms with Crippen molar-refractivity contribution in [3.05, 3.63) is 113 Å². The molecule has 5 aliphatic heterocycles. The summed E-state index contributed by atoms with van der Waals surface area (Å²) in [4.78, 5) is 156. The first-order chi connectivity index (χ1) is 43.5. The fraction of sp³-hybridized carbons (Fsp3) is 0.472. The van der Waals surface area contributed by atoms with Crippen LogP contribution in [-0.4, -0.2) is 200 Å². The molecule has 48 nitrogen and oxygen atoms in total. The number of ether oxygens (including phenoxy) is 3. The van der Waals surface area contributed by atoms with Gasteiger partial charge in [0.15, 0.2) is 36.5 Å². The fourth-order valence-corrected chi connectivity index (χ4v) is 17.1. The SMILES string of the molecule is C=C1NC(=O)C=CN1[C@@H]1O[C@](F)(COP(=O)(O)OP(=O)(O)OP(=O)(O)O)[C@@H](O)[C@]1(O)CC.C=C=C[C@]1(F)[C@H](n2ccc(=O)[nH]c2=O)O[C@](F)(COP(=O)(O)OP(=O)(O)OP(=O)(O)O)[C@H]1O.C=C[C@]1(O)[C@H](N2C=CC(=O)NC2=C)O[C@](F)(COP(=O)(O)OP(=O)(O)OP(=O)(O)O)[C@H]1O. The number of aromatic nitrogens is 2. The van der Waals surface area contributed by atoms with Crippen LogP contribution in [0.3, 0.4) is 0 Å². The van der Waals surface area contributed by atoms with Crippen LogP contribution in [-0.2, 0) is 104 Å². The predicted octanol–water partition coefficient (Wildman–Crippen LogP) is -2.20. The number of nitrogens with zero attached hydrogens (tertiary/aromatic N) is 3. The Morgan fingerprint density at radius 2 is 0.918 bits per heavy atom. The van der Waals surface area contributed by atoms with Crippen LogP contribution in [0.15, 0.2) is 102 Å². The molecule has 6 unspecified atom stereocenters. The summed E-state index contributed by atoms with van der Waals surface area (Å²) >= 11 is 0. The highest BCUT2D eigenvalue weighted by Crippen LogP contribution is 2.69. The molecule has 97 heavy (non-hydrogen) atoms. The van der Waals surface area contributed by atoms with Crippen molar-refractivity contribution in [2.75, 3.05) is 19.8 Å². The van der Waals surface area contributed by atoms with Crippen molar-refractivity contribution in [2.24, 2.45) is 0 Å². The Hall–Kier alpha value is -3.93. The molecular formula is C36H53F4N6O42P9. The van der Waals surface area contributed by atoms with Crippen LogP contribution in [0.1, 0.15) is 19.6 Å². The molecule has 0 radical (unpaired) electrons. The van der Waals surface area contributed by atoms with Gasteiger partial charge in [0.1, 0.15) is 43.2 Å². The quantitative estimate of drug-likeness (QED) is 0.0192. The molecule has 0 spiro atoms. The minimum Gasteiger partial charge on any atom is -0.384 e. The Balaban J connectivity index is 0.000000309. The van der Waals surface area contributed by atoms with Gasteiger partial charge in [-0.1, -0.05) is 39.3 Å². The van der Waals surface area contributed by atoms with Gasteiger partial charge in [-0.25, -0.2) is 63.4 Å². The maximum Gasteiger partial charge on any atom is 0.490 e. The van der Waals surface area contributed by atoms with E-state index >= 15 is 17.6 Å². The van der Waals surface area contributed by atoms with Crippen molar-refractivity contribution < 1.29 is 206 Å². The Labute approximate surface area is 535 Å². The predicted molar refractivity (Wildman–Crippen MR) is 295 cm³/mol. The topological polar surface area (TPSA) is 728 Å². The van der Waals surface area contributed by atoms with Gasteiger partial charge in [0.05, 0.1) is 0 Å². The van der Waals surface area contributed by atoms with E-state index in [2.05, 4.69) is 76.4 Å². The molecule has 552 valence electrons. The molecule has 18 atom stereocenters. The second-order valence-corrected chi connectivity index (χ2v) is 32.3. The molecular weight excluding hydrogens is 1540 g/mol. The van der Waals surface area contributed by atoms with Gasteiger partial charge in [-0.05, 0) is 6.42 Å². The molecule has 2 amide bonds. The van der Waals surface area contributed by atoms with Gasteiger partial charge in [0.25, 0.3) is 34.9 Å². The third-order valence-electron chi connectivity index (χ3n) is 12.0. The van der Waals surface area contributed by atoms with Gasteiger partial charge in [-0.3, -0.25) is 37.5 Å². The summed E-state index contributed by atoms with van der Waals surface area (Å²) in [6, 6.07) is 0.722. The first-order valence-electron chi connectivity index (χ1n) is 24.4. The van der Waals surface area contributed by atoms with Gasteiger partial charge in [-0.2, -0.15) is 25.9 Å². The minimum atomic E-state index is -5.95. The smallest absolute Gasteiger partial charge is 0.384 e. The number of amides is 2. The van der Waals surface area contributed by atoms with E-state index in [4.69, 9.17) is 58.3 Å². The number of hydrogen-bond acceptors (Lipinski definition) is 32. The zero-order valence-corrected chi connectivity index (χ0v) is 55.5. The number of hydrogen-bond donors (Lipinski definition) is 20. The number of phosphoric ester groups is 3. The van der Waals surface area contributed by atoms with Gasteiger partial charge in [0, 0.05) is 42.9 Å². The monoisotopic (exact) mass is 1600 g/mol. The zero-order chi connectivity index (χ0) is 75.0. The molecule has 0 aliphatic carbocycles. The first-order valence-corrected chi connectivity index (χ1v) is 38.0. The second kappa shape index (κ2) is 30.2. The van der Waals surface area contributed by atoms with Crippen molar-refractivity contribution in [2.45, 2.75) is 84.8 Å². The van der Waals surface area contributed by atoms with Gasteiger partial charge in [0.2, 0.25) is 5.67 Å². The van der Waals surface area contributed by atoms with E-state index in [0.29, 0.717) is 22.9 Å². The van der Waals surface area contributed by atoms with Gasteiger partial charge < -0.3 is 119 Å². The molecule has 3 saturated heterocycles. The fourth-order valence-electron chi connectivity index (χ4n) is 8.01. The van der Waals surface area contributed by atoms with Crippen LogP contribution in [0.25, 0.3) is 0 Å². The van der Waals surface area contributed by atoms with Gasteiger partial charge >= 0.3 is 76.1 Å². The standard InChI is InChI=1S/C12H15F2N2O14P3.C12H20FN2O14P3.C12H18FN2O14P3/c1-2-4-11(13)8(18)12(14,28-9(11)16-5-3-7(17)15-10(16)19)6-27-32(23,24)30-33(25,26)29-31(20,21)22;2*1-3-11(18)9(17)12(13,27-10(11)15-5-4-8(16)14-7(15)2)6-26-31(22,23)29-32(24,25)28-30(19,20)21/h3-5,8-9,18H,1,6H2,(H,23,24)(H,25,26)(H,15,17,19)(H2,20,21,22);4-5,9-10,17-18H,2-3,6H2,1H3,(H,14,16)(H,22,23)(H,24,25)(H2,19,20,21);3-5,9-10,17-18H,1-2,6H2,(H,14,16)(H,22,23)(H,24,25)(H2,19,20,21)/t8-,9+,11+,12+;2*9-,10+,11+,12+/m000/s1. The van der Waals surface area contributed by atoms with Crippen LogP contribution in [0, 0.1) is 0 Å². The second-order valence-electron chi connectivity index (χ2n) is 19.0. The number of halogens is 4. The maximum atomic E-state index is 15.5. The summed E-state index contributed by atoms with van der Waals surface area (Å²) in [5.74, 6) is -12.3. The third kappa shape index (κ3) is 22.3. The van der Waals surface area contributed by atoms with Crippen molar-refractivity contribution in [1.82, 2.24) is 30.0 Å². The lowest BCUT2D eigenvalue weighted by molar-refractivity contribution is -0.207. The van der Waals surface area contributed by atoms with E-state index in [1.54, 1.807) is 4.98 Å². The van der Waals surface area contributed by atoms with Gasteiger partial charge in [-0.15, -0.1) is 5.73 Å². The van der Waals surface area contributed by atoms with E-state index in [9.17, 15) is 100 Å². The minimum absolute atomic E-state index is 0.168. The number of H-pyrrole nitrogens is 1. The summed E-state index contributed by atoms with van der Waals surface area (Å²) in [5, 5.41) is 56.7. The van der Waals surface area contributed by atoms with E-state index < -0.39 is 185 Å². The van der Waals surface area contributed by atoms with E-state index in [-0.39, 0.29) is 18.1 Å². The molecule has 0 bridgehead atoms. The number of aliphatic hydroxyl groups excluding tert-OH is 3. The zero-order valence-electron chi connectivity index (χ0n) is 47.4. The molecule has 3 fully saturated rings. The number of nitrogens with one attached hydrogen (secondary N) is 3. The average molecular weight is 1600 g/mol. The Morgan fingerprint density at radius 3 is 1.26 bits per heavy atom. The number of rotatable bonds is 27. The number of phosphoric acid groups is 9. The molecule has 20 N–H and O–H groups in total. The van der Waals surface area contributed by atoms with E-state index in [1.807, 2.05) is 5.73 Å². The Kier molecular flexibility index (Phi) is 26.6. The number of alkyl halides is 4.